The van der Waals surface area contributed by atoms with E-state index in [0.717, 1.165) is 36.1 Å². The van der Waals surface area contributed by atoms with Crippen LogP contribution in [-0.4, -0.2) is 23.8 Å². The molecule has 9 nitrogen and oxygen atoms in total. The van der Waals surface area contributed by atoms with E-state index in [2.05, 4.69) is 10.6 Å². The van der Waals surface area contributed by atoms with Gasteiger partial charge in [-0.15, -0.1) is 11.3 Å². The van der Waals surface area contributed by atoms with Gasteiger partial charge >= 0.3 is 0 Å². The smallest absolute Gasteiger partial charge is 0.269 e. The van der Waals surface area contributed by atoms with Crippen molar-refractivity contribution in [3.8, 4) is 17.4 Å². The Bertz CT molecular complexity index is 1340. The van der Waals surface area contributed by atoms with Crippen LogP contribution in [0.25, 0.3) is 17.4 Å². The van der Waals surface area contributed by atoms with Crippen LogP contribution >= 0.6 is 11.3 Å². The number of hydrogen-bond acceptors (Lipinski definition) is 7. The molecule has 2 amide bonds. The number of rotatable bonds is 6. The predicted octanol–water partition coefficient (Wildman–Crippen LogP) is 4.70. The summed E-state index contributed by atoms with van der Waals surface area (Å²) in [6.07, 6.45) is 4.98. The van der Waals surface area contributed by atoms with Crippen LogP contribution in [0.4, 0.5) is 10.7 Å². The third kappa shape index (κ3) is 4.60. The lowest BCUT2D eigenvalue weighted by Crippen LogP contribution is -2.22. The zero-order valence-corrected chi connectivity index (χ0v) is 19.0. The first-order valence-electron chi connectivity index (χ1n) is 10.6. The molecule has 1 aliphatic rings. The molecule has 0 aliphatic heterocycles. The molecule has 2 N–H and O–H groups in total. The molecule has 1 aromatic carbocycles. The first kappa shape index (κ1) is 22.9. The number of fused-ring (bicyclic) bond motifs is 1. The van der Waals surface area contributed by atoms with Crippen molar-refractivity contribution in [3.05, 3.63) is 73.8 Å². The fourth-order valence-corrected chi connectivity index (χ4v) is 5.10. The monoisotopic (exact) mass is 476 g/mol. The Kier molecular flexibility index (Phi) is 6.56. The number of carbonyl (C=O) groups excluding carboxylic acids is 2. The summed E-state index contributed by atoms with van der Waals surface area (Å²) in [5.74, 6) is -0.195. The van der Waals surface area contributed by atoms with E-state index >= 15 is 0 Å². The molecule has 2 aromatic heterocycles. The molecule has 2 heterocycles. The number of nitrogens with one attached hydrogen (secondary N) is 2. The molecule has 1 aliphatic carbocycles. The number of furan rings is 1. The summed E-state index contributed by atoms with van der Waals surface area (Å²) < 4.78 is 5.71. The number of amides is 2. The minimum Gasteiger partial charge on any atom is -0.457 e. The summed E-state index contributed by atoms with van der Waals surface area (Å²) >= 11 is 1.37. The topological polar surface area (TPSA) is 138 Å². The molecule has 34 heavy (non-hydrogen) atoms. The van der Waals surface area contributed by atoms with Gasteiger partial charge in [0.15, 0.2) is 0 Å². The fourth-order valence-electron chi connectivity index (χ4n) is 3.81. The van der Waals surface area contributed by atoms with E-state index in [9.17, 15) is 25.0 Å². The van der Waals surface area contributed by atoms with Gasteiger partial charge in [0.25, 0.3) is 17.5 Å². The van der Waals surface area contributed by atoms with Gasteiger partial charge in [-0.05, 0) is 55.5 Å². The highest BCUT2D eigenvalue weighted by atomic mass is 32.1. The summed E-state index contributed by atoms with van der Waals surface area (Å²) in [5, 5.41) is 26.2. The van der Waals surface area contributed by atoms with Crippen molar-refractivity contribution in [1.29, 1.82) is 5.26 Å². The van der Waals surface area contributed by atoms with E-state index in [1.807, 2.05) is 6.07 Å². The molecule has 0 unspecified atom stereocenters. The second kappa shape index (κ2) is 9.72. The molecular formula is C24H20N4O5S. The van der Waals surface area contributed by atoms with Crippen molar-refractivity contribution in [2.45, 2.75) is 25.7 Å². The highest BCUT2D eigenvalue weighted by Crippen LogP contribution is 2.38. The van der Waals surface area contributed by atoms with E-state index in [1.165, 1.54) is 29.5 Å². The van der Waals surface area contributed by atoms with Crippen LogP contribution < -0.4 is 10.6 Å². The summed E-state index contributed by atoms with van der Waals surface area (Å²) in [6, 6.07) is 11.0. The van der Waals surface area contributed by atoms with Crippen molar-refractivity contribution in [1.82, 2.24) is 5.32 Å². The number of thiophene rings is 1. The van der Waals surface area contributed by atoms with Crippen molar-refractivity contribution < 1.29 is 18.9 Å². The van der Waals surface area contributed by atoms with Gasteiger partial charge in [-0.1, -0.05) is 0 Å². The number of non-ortho nitro benzene ring substituents is 1. The normalized spacial score (nSPS) is 13.0. The Labute approximate surface area is 198 Å². The van der Waals surface area contributed by atoms with Gasteiger partial charge in [0.2, 0.25) is 0 Å². The van der Waals surface area contributed by atoms with Crippen LogP contribution in [0.2, 0.25) is 0 Å². The van der Waals surface area contributed by atoms with Crippen molar-refractivity contribution >= 4 is 39.9 Å². The van der Waals surface area contributed by atoms with Gasteiger partial charge in [-0.2, -0.15) is 5.26 Å². The van der Waals surface area contributed by atoms with Crippen molar-refractivity contribution in [2.24, 2.45) is 0 Å². The quantitative estimate of drug-likeness (QED) is 0.229. The molecule has 0 saturated heterocycles. The Balaban J connectivity index is 1.57. The van der Waals surface area contributed by atoms with Crippen LogP contribution in [0, 0.1) is 21.4 Å². The fraction of sp³-hybridized carbons (Fsp3) is 0.208. The molecule has 0 saturated carbocycles. The summed E-state index contributed by atoms with van der Waals surface area (Å²) in [5.41, 5.74) is 1.83. The van der Waals surface area contributed by atoms with Crippen LogP contribution in [0.3, 0.4) is 0 Å². The average Bonchev–Trinajstić information content (AvgIpc) is 3.46. The lowest BCUT2D eigenvalue weighted by Gasteiger charge is -2.12. The van der Waals surface area contributed by atoms with Gasteiger partial charge in [0.05, 0.1) is 10.5 Å². The number of nitro benzene ring substituents is 1. The minimum atomic E-state index is -0.639. The van der Waals surface area contributed by atoms with E-state index in [4.69, 9.17) is 4.42 Å². The first-order valence-corrected chi connectivity index (χ1v) is 11.4. The molecule has 0 fully saturated rings. The van der Waals surface area contributed by atoms with Gasteiger partial charge in [0, 0.05) is 35.7 Å². The summed E-state index contributed by atoms with van der Waals surface area (Å²) in [4.78, 5) is 36.8. The van der Waals surface area contributed by atoms with Crippen molar-refractivity contribution in [2.75, 3.05) is 12.4 Å². The van der Waals surface area contributed by atoms with Crippen molar-refractivity contribution in [3.63, 3.8) is 0 Å². The second-order valence-corrected chi connectivity index (χ2v) is 8.73. The molecule has 0 spiro atoms. The highest BCUT2D eigenvalue weighted by molar-refractivity contribution is 7.17. The maximum absolute atomic E-state index is 12.9. The molecule has 3 aromatic rings. The maximum atomic E-state index is 12.9. The third-order valence-corrected chi connectivity index (χ3v) is 6.70. The first-order chi connectivity index (χ1) is 16.4. The lowest BCUT2D eigenvalue weighted by molar-refractivity contribution is -0.384. The molecule has 172 valence electrons. The number of nitrogens with zero attached hydrogens (tertiary/aromatic N) is 2. The van der Waals surface area contributed by atoms with Crippen LogP contribution in [-0.2, 0) is 17.6 Å². The van der Waals surface area contributed by atoms with E-state index in [-0.39, 0.29) is 22.9 Å². The predicted molar refractivity (Wildman–Crippen MR) is 127 cm³/mol. The van der Waals surface area contributed by atoms with E-state index in [0.29, 0.717) is 21.9 Å². The Morgan fingerprint density at radius 2 is 1.91 bits per heavy atom. The number of nitriles is 1. The number of aryl methyl sites for hydroxylation is 1. The van der Waals surface area contributed by atoms with Gasteiger partial charge < -0.3 is 15.1 Å². The molecular weight excluding hydrogens is 456 g/mol. The molecule has 10 heteroatoms. The van der Waals surface area contributed by atoms with Gasteiger partial charge in [0.1, 0.15) is 28.2 Å². The van der Waals surface area contributed by atoms with E-state index < -0.39 is 10.8 Å². The third-order valence-electron chi connectivity index (χ3n) is 5.49. The summed E-state index contributed by atoms with van der Waals surface area (Å²) in [6.45, 7) is 0. The largest absolute Gasteiger partial charge is 0.457 e. The Morgan fingerprint density at radius 1 is 1.18 bits per heavy atom. The maximum Gasteiger partial charge on any atom is 0.269 e. The van der Waals surface area contributed by atoms with Crippen LogP contribution in [0.5, 0.6) is 0 Å². The summed E-state index contributed by atoms with van der Waals surface area (Å²) in [7, 11) is 1.54. The zero-order valence-electron chi connectivity index (χ0n) is 18.2. The van der Waals surface area contributed by atoms with Gasteiger partial charge in [-0.25, -0.2) is 0 Å². The number of benzene rings is 1. The number of anilines is 1. The van der Waals surface area contributed by atoms with Crippen LogP contribution in [0.15, 0.2) is 46.4 Å². The average molecular weight is 477 g/mol. The molecule has 4 rings (SSSR count). The number of hydrogen-bond donors (Lipinski definition) is 2. The standard InChI is InChI=1S/C24H20N4O5S/c1-26-23(30)21-18-4-2-3-5-20(18)34-24(21)27-22(29)15(13-25)12-17-10-11-19(33-17)14-6-8-16(9-7-14)28(31)32/h6-12H,2-5H2,1H3,(H,26,30)(H,27,29)/b15-12+. The molecule has 0 bridgehead atoms. The second-order valence-electron chi connectivity index (χ2n) is 7.62. The Hall–Kier alpha value is -4.23. The molecule has 0 radical (unpaired) electrons. The lowest BCUT2D eigenvalue weighted by atomic mass is 9.95. The zero-order chi connectivity index (χ0) is 24.2. The highest BCUT2D eigenvalue weighted by Gasteiger charge is 2.26. The van der Waals surface area contributed by atoms with E-state index in [1.54, 1.807) is 31.3 Å². The SMILES string of the molecule is CNC(=O)c1c(NC(=O)/C(C#N)=C/c2ccc(-c3ccc([N+](=O)[O-])cc3)o2)sc2c1CCCC2. The number of nitro groups is 1. The number of carbonyl (C=O) groups is 2. The molecule has 0 atom stereocenters. The van der Waals surface area contributed by atoms with Gasteiger partial charge in [-0.3, -0.25) is 19.7 Å². The minimum absolute atomic E-state index is 0.0368. The Morgan fingerprint density at radius 3 is 2.59 bits per heavy atom. The van der Waals surface area contributed by atoms with Crippen LogP contribution in [0.1, 0.15) is 39.4 Å².